The number of nitrogens with zero attached hydrogens (tertiary/aromatic N) is 3. The summed E-state index contributed by atoms with van der Waals surface area (Å²) in [5, 5.41) is 14.2. The van der Waals surface area contributed by atoms with E-state index >= 15 is 0 Å². The van der Waals surface area contributed by atoms with Gasteiger partial charge < -0.3 is 9.63 Å². The molecule has 0 bridgehead atoms. The fourth-order valence-electron chi connectivity index (χ4n) is 2.88. The maximum atomic E-state index is 13.7. The number of halogens is 2. The molecule has 1 saturated heterocycles. The highest BCUT2D eigenvalue weighted by Gasteiger charge is 2.31. The first-order chi connectivity index (χ1) is 10.5. The van der Waals surface area contributed by atoms with E-state index in [-0.39, 0.29) is 18.2 Å². The van der Waals surface area contributed by atoms with Gasteiger partial charge in [-0.1, -0.05) is 11.2 Å². The molecule has 0 radical (unpaired) electrons. The second kappa shape index (κ2) is 6.10. The van der Waals surface area contributed by atoms with Gasteiger partial charge in [-0.3, -0.25) is 4.90 Å². The van der Waals surface area contributed by atoms with Crippen LogP contribution in [0.25, 0.3) is 0 Å². The van der Waals surface area contributed by atoms with Gasteiger partial charge in [-0.25, -0.2) is 8.78 Å². The topological polar surface area (TPSA) is 62.4 Å². The molecule has 2 heterocycles. The molecule has 1 aromatic carbocycles. The molecule has 1 fully saturated rings. The van der Waals surface area contributed by atoms with E-state index in [1.54, 1.807) is 6.92 Å². The van der Waals surface area contributed by atoms with E-state index in [9.17, 15) is 13.9 Å². The predicted octanol–water partition coefficient (Wildman–Crippen LogP) is 2.53. The van der Waals surface area contributed by atoms with Gasteiger partial charge in [0.15, 0.2) is 5.82 Å². The second-order valence-electron chi connectivity index (χ2n) is 5.51. The molecule has 0 saturated carbocycles. The van der Waals surface area contributed by atoms with Gasteiger partial charge in [0.2, 0.25) is 5.89 Å². The SMILES string of the molecule is Cc1nc([C@H]2CCCN2C[C@@H](O)c2ccc(F)cc2F)no1. The lowest BCUT2D eigenvalue weighted by molar-refractivity contribution is 0.100. The molecule has 0 aliphatic carbocycles. The maximum absolute atomic E-state index is 13.7. The number of aliphatic hydroxyl groups excluding tert-OH is 1. The first-order valence-corrected chi connectivity index (χ1v) is 7.22. The van der Waals surface area contributed by atoms with Crippen molar-refractivity contribution in [2.75, 3.05) is 13.1 Å². The Kier molecular flexibility index (Phi) is 4.17. The third-order valence-electron chi connectivity index (χ3n) is 3.93. The molecule has 118 valence electrons. The minimum Gasteiger partial charge on any atom is -0.387 e. The summed E-state index contributed by atoms with van der Waals surface area (Å²) in [4.78, 5) is 6.23. The fraction of sp³-hybridized carbons (Fsp3) is 0.467. The smallest absolute Gasteiger partial charge is 0.223 e. The van der Waals surface area contributed by atoms with Crippen molar-refractivity contribution in [3.05, 3.63) is 47.1 Å². The second-order valence-corrected chi connectivity index (χ2v) is 5.51. The van der Waals surface area contributed by atoms with E-state index in [1.165, 1.54) is 6.07 Å². The number of β-amino-alcohol motifs (C(OH)–C–C–N with tert-alkyl or cyclic N) is 1. The van der Waals surface area contributed by atoms with E-state index < -0.39 is 17.7 Å². The third kappa shape index (κ3) is 3.00. The quantitative estimate of drug-likeness (QED) is 0.940. The van der Waals surface area contributed by atoms with Crippen molar-refractivity contribution in [1.82, 2.24) is 15.0 Å². The zero-order valence-corrected chi connectivity index (χ0v) is 12.2. The van der Waals surface area contributed by atoms with Crippen LogP contribution >= 0.6 is 0 Å². The lowest BCUT2D eigenvalue weighted by atomic mass is 10.1. The molecule has 0 unspecified atom stereocenters. The summed E-state index contributed by atoms with van der Waals surface area (Å²) in [5.74, 6) is -0.317. The van der Waals surface area contributed by atoms with Crippen LogP contribution in [0.2, 0.25) is 0 Å². The summed E-state index contributed by atoms with van der Waals surface area (Å²) in [6.07, 6.45) is 0.767. The predicted molar refractivity (Wildman–Crippen MR) is 73.9 cm³/mol. The van der Waals surface area contributed by atoms with Crippen LogP contribution < -0.4 is 0 Å². The molecule has 22 heavy (non-hydrogen) atoms. The third-order valence-corrected chi connectivity index (χ3v) is 3.93. The highest BCUT2D eigenvalue weighted by molar-refractivity contribution is 5.21. The van der Waals surface area contributed by atoms with Crippen LogP contribution in [0.1, 0.15) is 42.3 Å². The summed E-state index contributed by atoms with van der Waals surface area (Å²) >= 11 is 0. The number of benzene rings is 1. The van der Waals surface area contributed by atoms with Gasteiger partial charge in [-0.15, -0.1) is 0 Å². The molecule has 2 aromatic rings. The van der Waals surface area contributed by atoms with Crippen LogP contribution in [-0.4, -0.2) is 33.2 Å². The van der Waals surface area contributed by atoms with Crippen molar-refractivity contribution >= 4 is 0 Å². The molecule has 2 atom stereocenters. The average molecular weight is 309 g/mol. The van der Waals surface area contributed by atoms with Gasteiger partial charge in [0, 0.05) is 25.1 Å². The van der Waals surface area contributed by atoms with Crippen LogP contribution in [0.4, 0.5) is 8.78 Å². The Labute approximate surface area is 126 Å². The molecule has 0 amide bonds. The van der Waals surface area contributed by atoms with Crippen molar-refractivity contribution in [2.24, 2.45) is 0 Å². The zero-order chi connectivity index (χ0) is 15.7. The monoisotopic (exact) mass is 309 g/mol. The normalized spacial score (nSPS) is 20.5. The van der Waals surface area contributed by atoms with Crippen LogP contribution in [0.5, 0.6) is 0 Å². The van der Waals surface area contributed by atoms with Crippen molar-refractivity contribution in [2.45, 2.75) is 31.9 Å². The standard InChI is InChI=1S/C15H17F2N3O2/c1-9-18-15(19-22-9)13-3-2-6-20(13)8-14(21)11-5-4-10(16)7-12(11)17/h4-5,7,13-14,21H,2-3,6,8H2,1H3/t13-,14-/m1/s1. The lowest BCUT2D eigenvalue weighted by Gasteiger charge is -2.25. The molecular weight excluding hydrogens is 292 g/mol. The minimum absolute atomic E-state index is 0.0457. The van der Waals surface area contributed by atoms with Crippen LogP contribution in [0, 0.1) is 18.6 Å². The largest absolute Gasteiger partial charge is 0.387 e. The molecular formula is C15H17F2N3O2. The average Bonchev–Trinajstić information content (AvgIpc) is 3.07. The summed E-state index contributed by atoms with van der Waals surface area (Å²) < 4.78 is 31.7. The fourth-order valence-corrected chi connectivity index (χ4v) is 2.88. The van der Waals surface area contributed by atoms with E-state index in [1.807, 2.05) is 4.90 Å². The van der Waals surface area contributed by atoms with E-state index in [2.05, 4.69) is 10.1 Å². The van der Waals surface area contributed by atoms with Gasteiger partial charge in [0.05, 0.1) is 12.1 Å². The summed E-state index contributed by atoms with van der Waals surface area (Å²) in [6, 6.07) is 3.16. The summed E-state index contributed by atoms with van der Waals surface area (Å²) in [6.45, 7) is 2.72. The van der Waals surface area contributed by atoms with Crippen molar-refractivity contribution in [3.8, 4) is 0 Å². The van der Waals surface area contributed by atoms with Crippen LogP contribution in [0.3, 0.4) is 0 Å². The highest BCUT2D eigenvalue weighted by atomic mass is 19.1. The molecule has 1 N–H and O–H groups in total. The highest BCUT2D eigenvalue weighted by Crippen LogP contribution is 2.32. The molecule has 5 nitrogen and oxygen atoms in total. The lowest BCUT2D eigenvalue weighted by Crippen LogP contribution is -2.29. The van der Waals surface area contributed by atoms with Crippen LogP contribution in [-0.2, 0) is 0 Å². The zero-order valence-electron chi connectivity index (χ0n) is 12.2. The number of hydrogen-bond donors (Lipinski definition) is 1. The molecule has 1 aliphatic rings. The van der Waals surface area contributed by atoms with Gasteiger partial charge in [0.1, 0.15) is 11.6 Å². The van der Waals surface area contributed by atoms with E-state index in [4.69, 9.17) is 4.52 Å². The Hall–Kier alpha value is -1.86. The van der Waals surface area contributed by atoms with Crippen molar-refractivity contribution in [3.63, 3.8) is 0 Å². The van der Waals surface area contributed by atoms with Crippen LogP contribution in [0.15, 0.2) is 22.7 Å². The Morgan fingerprint density at radius 1 is 1.45 bits per heavy atom. The van der Waals surface area contributed by atoms with Gasteiger partial charge in [0.25, 0.3) is 0 Å². The summed E-state index contributed by atoms with van der Waals surface area (Å²) in [5.41, 5.74) is 0.0938. The molecule has 7 heteroatoms. The number of rotatable bonds is 4. The maximum Gasteiger partial charge on any atom is 0.223 e. The Morgan fingerprint density at radius 2 is 2.27 bits per heavy atom. The Bertz CT molecular complexity index is 662. The molecule has 1 aliphatic heterocycles. The van der Waals surface area contributed by atoms with Crippen molar-refractivity contribution in [1.29, 1.82) is 0 Å². The van der Waals surface area contributed by atoms with Gasteiger partial charge in [-0.05, 0) is 25.5 Å². The first kappa shape index (κ1) is 15.1. The van der Waals surface area contributed by atoms with E-state index in [0.29, 0.717) is 11.7 Å². The first-order valence-electron chi connectivity index (χ1n) is 7.22. The Morgan fingerprint density at radius 3 is 2.95 bits per heavy atom. The number of aromatic nitrogens is 2. The minimum atomic E-state index is -1.03. The Balaban J connectivity index is 1.73. The number of hydrogen-bond acceptors (Lipinski definition) is 5. The van der Waals surface area contributed by atoms with Gasteiger partial charge >= 0.3 is 0 Å². The number of aliphatic hydroxyl groups is 1. The summed E-state index contributed by atoms with van der Waals surface area (Å²) in [7, 11) is 0. The van der Waals surface area contributed by atoms with Crippen molar-refractivity contribution < 1.29 is 18.4 Å². The van der Waals surface area contributed by atoms with Gasteiger partial charge in [-0.2, -0.15) is 4.98 Å². The molecule has 0 spiro atoms. The number of aryl methyl sites for hydroxylation is 1. The number of likely N-dealkylation sites (tertiary alicyclic amines) is 1. The molecule has 3 rings (SSSR count). The molecule has 1 aromatic heterocycles. The van der Waals surface area contributed by atoms with E-state index in [0.717, 1.165) is 31.5 Å².